The van der Waals surface area contributed by atoms with E-state index >= 15 is 0 Å². The van der Waals surface area contributed by atoms with E-state index < -0.39 is 0 Å². The number of rotatable bonds is 5. The smallest absolute Gasteiger partial charge is 0.166 e. The second kappa shape index (κ2) is 12.2. The minimum Gasteiger partial charge on any atom is -0.294 e. The molecule has 1 nitrogen and oxygen atoms in total. The largest absolute Gasteiger partial charge is 0.294 e. The van der Waals surface area contributed by atoms with Crippen LogP contribution in [0.2, 0.25) is 0 Å². The van der Waals surface area contributed by atoms with Gasteiger partial charge in [0.1, 0.15) is 0 Å². The molecule has 0 unspecified atom stereocenters. The summed E-state index contributed by atoms with van der Waals surface area (Å²) in [5.41, 5.74) is 1.97. The first kappa shape index (κ1) is 22.9. The van der Waals surface area contributed by atoms with Gasteiger partial charge >= 0.3 is 0 Å². The topological polar surface area (TPSA) is 17.1 Å². The summed E-state index contributed by atoms with van der Waals surface area (Å²) in [6.45, 7) is 2.03. The average molecular weight is 408 g/mol. The summed E-state index contributed by atoms with van der Waals surface area (Å²) >= 11 is 0. The summed E-state index contributed by atoms with van der Waals surface area (Å²) in [5, 5.41) is 0. The van der Waals surface area contributed by atoms with Gasteiger partial charge in [0.05, 0.1) is 0 Å². The summed E-state index contributed by atoms with van der Waals surface area (Å²) in [6.07, 6.45) is 18.3. The van der Waals surface area contributed by atoms with Gasteiger partial charge in [-0.05, 0) is 69.3 Å². The number of carbonyl (C=O) groups excluding carboxylic acids is 1. The van der Waals surface area contributed by atoms with Crippen molar-refractivity contribution in [3.63, 3.8) is 0 Å². The van der Waals surface area contributed by atoms with Gasteiger partial charge in [0.2, 0.25) is 0 Å². The Balaban J connectivity index is 0.000000408. The van der Waals surface area contributed by atoms with Crippen molar-refractivity contribution in [3.8, 4) is 0 Å². The van der Waals surface area contributed by atoms with Crippen LogP contribution in [0.5, 0.6) is 0 Å². The van der Waals surface area contributed by atoms with E-state index in [2.05, 4.69) is 25.0 Å². The molecule has 0 heterocycles. The van der Waals surface area contributed by atoms with E-state index in [1.54, 1.807) is 0 Å². The van der Waals surface area contributed by atoms with Gasteiger partial charge in [-0.3, -0.25) is 4.79 Å². The molecule has 0 aromatic heterocycles. The number of benzene rings is 2. The van der Waals surface area contributed by atoms with Crippen LogP contribution in [0.25, 0.3) is 0 Å². The Bertz CT molecular complexity index is 664. The van der Waals surface area contributed by atoms with E-state index in [4.69, 9.17) is 0 Å². The minimum atomic E-state index is -0.104. The summed E-state index contributed by atoms with van der Waals surface area (Å²) in [5.74, 6) is 1.37. The van der Waals surface area contributed by atoms with Crippen molar-refractivity contribution in [3.05, 3.63) is 135 Å². The third-order valence-corrected chi connectivity index (χ3v) is 4.73. The first-order valence-electron chi connectivity index (χ1n) is 9.30. The van der Waals surface area contributed by atoms with Crippen molar-refractivity contribution in [2.24, 2.45) is 5.92 Å². The van der Waals surface area contributed by atoms with Crippen LogP contribution in [0.3, 0.4) is 0 Å². The molecule has 2 saturated carbocycles. The molecular formula is C26H24FeO. The fraction of sp³-hybridized carbons (Fsp3) is 0.115. The Labute approximate surface area is 181 Å². The summed E-state index contributed by atoms with van der Waals surface area (Å²) in [4.78, 5) is 12.9. The average Bonchev–Trinajstić information content (AvgIpc) is 3.46. The standard InChI is InChI=1S/C21H19O.C5H5.Fe/c1-16(21(22)19-14-6-3-7-15-19)20(18-12-8-9-13-18)17-10-4-2-5-11-17;1-2-4-5-3-1;/h2-16,20H,1H3;1-5H;/t16-,20+;;/m1../s1. The summed E-state index contributed by atoms with van der Waals surface area (Å²) < 4.78 is 0. The van der Waals surface area contributed by atoms with Gasteiger partial charge in [0.25, 0.3) is 0 Å². The first-order chi connectivity index (χ1) is 13.3. The Morgan fingerprint density at radius 2 is 1.14 bits per heavy atom. The Hall–Kier alpha value is -1.37. The molecule has 0 spiro atoms. The maximum absolute atomic E-state index is 12.9. The third-order valence-electron chi connectivity index (χ3n) is 4.73. The molecule has 4 rings (SSSR count). The summed E-state index contributed by atoms with van der Waals surface area (Å²) in [6, 6.07) is 19.8. The molecule has 2 aliphatic rings. The predicted molar refractivity (Wildman–Crippen MR) is 111 cm³/mol. The van der Waals surface area contributed by atoms with E-state index in [-0.39, 0.29) is 34.7 Å². The molecule has 10 radical (unpaired) electrons. The van der Waals surface area contributed by atoms with Gasteiger partial charge in [0, 0.05) is 34.5 Å². The Morgan fingerprint density at radius 3 is 1.64 bits per heavy atom. The van der Waals surface area contributed by atoms with Crippen LogP contribution in [-0.4, -0.2) is 5.78 Å². The fourth-order valence-corrected chi connectivity index (χ4v) is 3.36. The van der Waals surface area contributed by atoms with Crippen LogP contribution in [0, 0.1) is 69.6 Å². The van der Waals surface area contributed by atoms with Crippen LogP contribution in [0.4, 0.5) is 0 Å². The van der Waals surface area contributed by atoms with E-state index in [0.29, 0.717) is 0 Å². The predicted octanol–water partition coefficient (Wildman–Crippen LogP) is 5.71. The van der Waals surface area contributed by atoms with Crippen molar-refractivity contribution in [1.29, 1.82) is 0 Å². The van der Waals surface area contributed by atoms with Gasteiger partial charge in [0.15, 0.2) is 5.78 Å². The molecule has 2 aromatic rings. The van der Waals surface area contributed by atoms with Crippen LogP contribution in [-0.2, 0) is 17.1 Å². The van der Waals surface area contributed by atoms with Crippen LogP contribution < -0.4 is 0 Å². The van der Waals surface area contributed by atoms with Gasteiger partial charge in [-0.1, -0.05) is 67.6 Å². The molecular weight excluding hydrogens is 384 g/mol. The first-order valence-corrected chi connectivity index (χ1v) is 9.30. The number of carbonyl (C=O) groups is 1. The molecule has 0 aliphatic heterocycles. The van der Waals surface area contributed by atoms with E-state index in [1.165, 1.54) is 11.5 Å². The second-order valence-electron chi connectivity index (χ2n) is 6.59. The molecule has 0 bridgehead atoms. The summed E-state index contributed by atoms with van der Waals surface area (Å²) in [7, 11) is 0. The third kappa shape index (κ3) is 6.32. The maximum Gasteiger partial charge on any atom is 0.166 e. The minimum absolute atomic E-state index is 0. The molecule has 142 valence electrons. The van der Waals surface area contributed by atoms with Gasteiger partial charge in [-0.2, -0.15) is 0 Å². The monoisotopic (exact) mass is 408 g/mol. The van der Waals surface area contributed by atoms with Gasteiger partial charge in [-0.25, -0.2) is 0 Å². The zero-order valence-electron chi connectivity index (χ0n) is 15.9. The Kier molecular flexibility index (Phi) is 10.0. The zero-order chi connectivity index (χ0) is 18.9. The van der Waals surface area contributed by atoms with Gasteiger partial charge < -0.3 is 0 Å². The molecule has 2 fully saturated rings. The molecule has 2 atom stereocenters. The molecule has 0 N–H and O–H groups in total. The van der Waals surface area contributed by atoms with E-state index in [0.717, 1.165) is 5.56 Å². The van der Waals surface area contributed by atoms with Crippen LogP contribution >= 0.6 is 0 Å². The number of Topliss-reactive ketones (excluding diaryl/α,β-unsaturated/α-hetero) is 1. The number of hydrogen-bond acceptors (Lipinski definition) is 1. The Morgan fingerprint density at radius 1 is 0.679 bits per heavy atom. The second-order valence-corrected chi connectivity index (χ2v) is 6.59. The van der Waals surface area contributed by atoms with Crippen LogP contribution in [0.15, 0.2) is 60.7 Å². The van der Waals surface area contributed by atoms with Crippen molar-refractivity contribution in [1.82, 2.24) is 0 Å². The molecule has 2 aromatic carbocycles. The molecule has 2 heteroatoms. The normalized spacial score (nSPS) is 18.5. The zero-order valence-corrected chi connectivity index (χ0v) is 17.0. The van der Waals surface area contributed by atoms with Crippen molar-refractivity contribution in [2.45, 2.75) is 12.8 Å². The van der Waals surface area contributed by atoms with Crippen molar-refractivity contribution >= 4 is 5.78 Å². The van der Waals surface area contributed by atoms with Gasteiger partial charge in [-0.15, -0.1) is 0 Å². The maximum atomic E-state index is 12.9. The van der Waals surface area contributed by atoms with Crippen molar-refractivity contribution in [2.75, 3.05) is 0 Å². The molecule has 0 saturated heterocycles. The molecule has 28 heavy (non-hydrogen) atoms. The van der Waals surface area contributed by atoms with E-state index in [1.807, 2.05) is 100 Å². The van der Waals surface area contributed by atoms with Crippen LogP contribution in [0.1, 0.15) is 28.8 Å². The van der Waals surface area contributed by atoms with E-state index in [9.17, 15) is 4.79 Å². The SMILES string of the molecule is C[C@@H](C(=O)c1ccccc1)[C@H]([C]1[CH][CH][CH][CH]1)c1ccccc1.[CH]1[CH][CH][CH][CH]1.[Fe]. The fourth-order valence-electron chi connectivity index (χ4n) is 3.36. The van der Waals surface area contributed by atoms with Crippen molar-refractivity contribution < 1.29 is 21.9 Å². The number of hydrogen-bond donors (Lipinski definition) is 0. The number of ketones is 1. The molecule has 0 amide bonds. The quantitative estimate of drug-likeness (QED) is 0.457. The molecule has 2 aliphatic carbocycles.